The molecule has 0 spiro atoms. The standard InChI is InChI=1S/C26H27FN2O2S/c1-18(2)16-28(26(31)20-9-6-10-21(27)15-20)17-24(30)29-13-11-23-22(12-14-32-23)25(29)19-7-4-3-5-8-19/h3-10,12,14-15,18,25H,11,13,16-17H2,1-2H3. The first-order chi connectivity index (χ1) is 15.4. The maximum atomic E-state index is 13.7. The largest absolute Gasteiger partial charge is 0.330 e. The molecule has 2 aromatic carbocycles. The van der Waals surface area contributed by atoms with E-state index in [2.05, 4.69) is 11.4 Å². The predicted molar refractivity (Wildman–Crippen MR) is 125 cm³/mol. The first kappa shape index (κ1) is 22.2. The van der Waals surface area contributed by atoms with Crippen LogP contribution in [-0.4, -0.2) is 41.2 Å². The molecule has 1 aliphatic rings. The van der Waals surface area contributed by atoms with E-state index >= 15 is 0 Å². The summed E-state index contributed by atoms with van der Waals surface area (Å²) in [5.41, 5.74) is 2.48. The van der Waals surface area contributed by atoms with Gasteiger partial charge in [-0.25, -0.2) is 4.39 Å². The molecule has 1 aliphatic heterocycles. The number of carbonyl (C=O) groups is 2. The normalized spacial score (nSPS) is 15.5. The zero-order chi connectivity index (χ0) is 22.7. The summed E-state index contributed by atoms with van der Waals surface area (Å²) in [6, 6.07) is 17.6. The smallest absolute Gasteiger partial charge is 0.254 e. The van der Waals surface area contributed by atoms with Gasteiger partial charge in [0.25, 0.3) is 5.91 Å². The van der Waals surface area contributed by atoms with Crippen LogP contribution in [0.5, 0.6) is 0 Å². The molecule has 3 aromatic rings. The van der Waals surface area contributed by atoms with Gasteiger partial charge in [-0.1, -0.05) is 50.2 Å². The zero-order valence-electron chi connectivity index (χ0n) is 18.3. The molecule has 166 valence electrons. The Kier molecular flexibility index (Phi) is 6.70. The van der Waals surface area contributed by atoms with E-state index < -0.39 is 5.82 Å². The lowest BCUT2D eigenvalue weighted by Gasteiger charge is -2.38. The summed E-state index contributed by atoms with van der Waals surface area (Å²) in [7, 11) is 0. The number of fused-ring (bicyclic) bond motifs is 1. The van der Waals surface area contributed by atoms with Gasteiger partial charge in [0.2, 0.25) is 5.91 Å². The highest BCUT2D eigenvalue weighted by molar-refractivity contribution is 7.10. The molecule has 0 N–H and O–H groups in total. The van der Waals surface area contributed by atoms with Crippen molar-refractivity contribution in [2.24, 2.45) is 5.92 Å². The summed E-state index contributed by atoms with van der Waals surface area (Å²) in [5.74, 6) is -0.705. The average Bonchev–Trinajstić information content (AvgIpc) is 3.26. The van der Waals surface area contributed by atoms with Crippen molar-refractivity contribution < 1.29 is 14.0 Å². The Morgan fingerprint density at radius 1 is 1.12 bits per heavy atom. The highest BCUT2D eigenvalue weighted by atomic mass is 32.1. The molecular formula is C26H27FN2O2S. The molecule has 2 heterocycles. The Hall–Kier alpha value is -2.99. The lowest BCUT2D eigenvalue weighted by Crippen LogP contribution is -2.47. The number of hydrogen-bond acceptors (Lipinski definition) is 3. The van der Waals surface area contributed by atoms with Crippen LogP contribution in [0.1, 0.15) is 46.3 Å². The Morgan fingerprint density at radius 2 is 1.91 bits per heavy atom. The first-order valence-electron chi connectivity index (χ1n) is 10.9. The second-order valence-corrected chi connectivity index (χ2v) is 9.54. The molecule has 0 radical (unpaired) electrons. The fourth-order valence-corrected chi connectivity index (χ4v) is 5.20. The Balaban J connectivity index is 1.61. The third kappa shape index (κ3) is 4.75. The molecule has 1 unspecified atom stereocenters. The summed E-state index contributed by atoms with van der Waals surface area (Å²) >= 11 is 1.73. The van der Waals surface area contributed by atoms with Crippen molar-refractivity contribution in [3.63, 3.8) is 0 Å². The molecule has 1 aromatic heterocycles. The third-order valence-corrected chi connectivity index (χ3v) is 6.67. The van der Waals surface area contributed by atoms with Crippen molar-refractivity contribution in [2.75, 3.05) is 19.6 Å². The Labute approximate surface area is 192 Å². The number of benzene rings is 2. The monoisotopic (exact) mass is 450 g/mol. The van der Waals surface area contributed by atoms with Crippen LogP contribution in [0.25, 0.3) is 0 Å². The van der Waals surface area contributed by atoms with Crippen LogP contribution in [0, 0.1) is 11.7 Å². The molecular weight excluding hydrogens is 423 g/mol. The maximum Gasteiger partial charge on any atom is 0.254 e. The van der Waals surface area contributed by atoms with Gasteiger partial charge in [0.1, 0.15) is 12.4 Å². The molecule has 0 bridgehead atoms. The number of nitrogens with zero attached hydrogens (tertiary/aromatic N) is 2. The SMILES string of the molecule is CC(C)CN(CC(=O)N1CCc2sccc2C1c1ccccc1)C(=O)c1cccc(F)c1. The van der Waals surface area contributed by atoms with Crippen molar-refractivity contribution in [3.05, 3.63) is 93.4 Å². The number of hydrogen-bond donors (Lipinski definition) is 0. The molecule has 0 saturated carbocycles. The van der Waals surface area contributed by atoms with Crippen molar-refractivity contribution >= 4 is 23.2 Å². The van der Waals surface area contributed by atoms with Gasteiger partial charge in [-0.05, 0) is 53.1 Å². The minimum absolute atomic E-state index is 0.0314. The van der Waals surface area contributed by atoms with Crippen LogP contribution in [-0.2, 0) is 11.2 Å². The van der Waals surface area contributed by atoms with E-state index in [1.807, 2.05) is 49.1 Å². The van der Waals surface area contributed by atoms with Gasteiger partial charge in [0.05, 0.1) is 6.04 Å². The lowest BCUT2D eigenvalue weighted by molar-refractivity contribution is -0.134. The second kappa shape index (κ2) is 9.65. The predicted octanol–water partition coefficient (Wildman–Crippen LogP) is 5.16. The highest BCUT2D eigenvalue weighted by Crippen LogP contribution is 2.37. The molecule has 4 rings (SSSR count). The van der Waals surface area contributed by atoms with Crippen molar-refractivity contribution in [2.45, 2.75) is 26.3 Å². The number of halogens is 1. The maximum absolute atomic E-state index is 13.7. The quantitative estimate of drug-likeness (QED) is 0.521. The Morgan fingerprint density at radius 3 is 2.62 bits per heavy atom. The van der Waals surface area contributed by atoms with Crippen molar-refractivity contribution in [1.29, 1.82) is 0 Å². The highest BCUT2D eigenvalue weighted by Gasteiger charge is 2.34. The molecule has 0 saturated heterocycles. The van der Waals surface area contributed by atoms with Crippen LogP contribution in [0.2, 0.25) is 0 Å². The van der Waals surface area contributed by atoms with Crippen LogP contribution in [0.15, 0.2) is 66.0 Å². The zero-order valence-corrected chi connectivity index (χ0v) is 19.1. The minimum Gasteiger partial charge on any atom is -0.330 e. The third-order valence-electron chi connectivity index (χ3n) is 5.67. The second-order valence-electron chi connectivity index (χ2n) is 8.54. The van der Waals surface area contributed by atoms with E-state index in [9.17, 15) is 14.0 Å². The van der Waals surface area contributed by atoms with E-state index in [1.165, 1.54) is 23.1 Å². The van der Waals surface area contributed by atoms with Gasteiger partial charge in [0.15, 0.2) is 0 Å². The lowest BCUT2D eigenvalue weighted by atomic mass is 9.93. The van der Waals surface area contributed by atoms with Crippen LogP contribution in [0.3, 0.4) is 0 Å². The molecule has 2 amide bonds. The summed E-state index contributed by atoms with van der Waals surface area (Å²) in [5, 5.41) is 2.08. The van der Waals surface area contributed by atoms with Crippen molar-refractivity contribution in [3.8, 4) is 0 Å². The molecule has 4 nitrogen and oxygen atoms in total. The minimum atomic E-state index is -0.461. The number of rotatable bonds is 6. The fraction of sp³-hybridized carbons (Fsp3) is 0.308. The van der Waals surface area contributed by atoms with E-state index in [0.717, 1.165) is 17.5 Å². The van der Waals surface area contributed by atoms with Gasteiger partial charge >= 0.3 is 0 Å². The van der Waals surface area contributed by atoms with E-state index in [1.54, 1.807) is 22.3 Å². The summed E-state index contributed by atoms with van der Waals surface area (Å²) in [6.07, 6.45) is 0.810. The number of thiophene rings is 1. The van der Waals surface area contributed by atoms with Gasteiger partial charge in [-0.2, -0.15) is 0 Å². The molecule has 1 atom stereocenters. The fourth-order valence-electron chi connectivity index (χ4n) is 4.30. The van der Waals surface area contributed by atoms with Crippen LogP contribution >= 0.6 is 11.3 Å². The van der Waals surface area contributed by atoms with Crippen LogP contribution in [0.4, 0.5) is 4.39 Å². The number of amides is 2. The topological polar surface area (TPSA) is 40.6 Å². The van der Waals surface area contributed by atoms with Crippen molar-refractivity contribution in [1.82, 2.24) is 9.80 Å². The number of carbonyl (C=O) groups excluding carboxylic acids is 2. The van der Waals surface area contributed by atoms with Gasteiger partial charge in [0, 0.05) is 23.5 Å². The van der Waals surface area contributed by atoms with Crippen LogP contribution < -0.4 is 0 Å². The van der Waals surface area contributed by atoms with Gasteiger partial charge in [-0.15, -0.1) is 11.3 Å². The average molecular weight is 451 g/mol. The van der Waals surface area contributed by atoms with E-state index in [0.29, 0.717) is 13.1 Å². The first-order valence-corrected chi connectivity index (χ1v) is 11.8. The van der Waals surface area contributed by atoms with E-state index in [4.69, 9.17) is 0 Å². The summed E-state index contributed by atoms with van der Waals surface area (Å²) in [6.45, 7) is 5.00. The Bertz CT molecular complexity index is 1100. The van der Waals surface area contributed by atoms with Gasteiger partial charge < -0.3 is 9.80 Å². The summed E-state index contributed by atoms with van der Waals surface area (Å²) < 4.78 is 13.7. The molecule has 6 heteroatoms. The summed E-state index contributed by atoms with van der Waals surface area (Å²) in [4.78, 5) is 31.5. The molecule has 0 aliphatic carbocycles. The molecule has 0 fully saturated rings. The molecule has 32 heavy (non-hydrogen) atoms. The van der Waals surface area contributed by atoms with E-state index in [-0.39, 0.29) is 35.9 Å². The van der Waals surface area contributed by atoms with Gasteiger partial charge in [-0.3, -0.25) is 9.59 Å².